The quantitative estimate of drug-likeness (QED) is 0.752. The average molecular weight is 333 g/mol. The summed E-state index contributed by atoms with van der Waals surface area (Å²) in [5.74, 6) is 1.31. The molecule has 0 radical (unpaired) electrons. The highest BCUT2D eigenvalue weighted by Gasteiger charge is 2.38. The summed E-state index contributed by atoms with van der Waals surface area (Å²) in [6, 6.07) is 2.00. The van der Waals surface area contributed by atoms with Crippen molar-refractivity contribution in [1.29, 1.82) is 0 Å². The van der Waals surface area contributed by atoms with E-state index in [0.717, 1.165) is 16.9 Å². The maximum Gasteiger partial charge on any atom is 0.249 e. The topological polar surface area (TPSA) is 99.8 Å². The summed E-state index contributed by atoms with van der Waals surface area (Å²) in [4.78, 5) is 28.8. The number of H-pyrrole nitrogens is 1. The molecule has 2 amide bonds. The minimum absolute atomic E-state index is 0.0404. The van der Waals surface area contributed by atoms with E-state index in [1.807, 2.05) is 25.3 Å². The Morgan fingerprint density at radius 1 is 1.48 bits per heavy atom. The third-order valence-electron chi connectivity index (χ3n) is 3.91. The molecule has 3 rings (SSSR count). The molecule has 0 saturated heterocycles. The van der Waals surface area contributed by atoms with Gasteiger partial charge in [-0.1, -0.05) is 6.92 Å². The summed E-state index contributed by atoms with van der Waals surface area (Å²) < 4.78 is 0. The molecule has 2 heterocycles. The highest BCUT2D eigenvalue weighted by molar-refractivity contribution is 7.13. The van der Waals surface area contributed by atoms with E-state index < -0.39 is 0 Å². The Labute approximate surface area is 137 Å². The standard InChI is InChI=1S/C15H19N5O2S/c1-8-4-6-23-12(8)13-18-15(20-19-13)17-11(21)3-5-16-14(22)10-7-9(10)2/h4,6,9-10H,3,5,7H2,1-2H3,(H,16,22)(H2,17,18,19,20,21)/t9-,10-/m0/s1. The number of aromatic nitrogens is 3. The van der Waals surface area contributed by atoms with E-state index in [1.54, 1.807) is 11.3 Å². The van der Waals surface area contributed by atoms with Gasteiger partial charge in [-0.15, -0.1) is 16.4 Å². The molecule has 0 unspecified atom stereocenters. The SMILES string of the molecule is Cc1ccsc1-c1nc(NC(=O)CCNC(=O)[C@H]2C[C@@H]2C)n[nH]1. The van der Waals surface area contributed by atoms with Gasteiger partial charge < -0.3 is 5.32 Å². The fourth-order valence-corrected chi connectivity index (χ4v) is 3.20. The van der Waals surface area contributed by atoms with Gasteiger partial charge in [0.15, 0.2) is 5.82 Å². The largest absolute Gasteiger partial charge is 0.355 e. The van der Waals surface area contributed by atoms with Gasteiger partial charge in [0.1, 0.15) is 0 Å². The molecule has 0 aromatic carbocycles. The average Bonchev–Trinajstić information content (AvgIpc) is 2.88. The normalized spacial score (nSPS) is 19.4. The number of anilines is 1. The van der Waals surface area contributed by atoms with Crippen LogP contribution < -0.4 is 10.6 Å². The predicted octanol–water partition coefficient (Wildman–Crippen LogP) is 1.94. The molecule has 8 heteroatoms. The minimum atomic E-state index is -0.220. The van der Waals surface area contributed by atoms with Crippen LogP contribution in [0.25, 0.3) is 10.7 Å². The van der Waals surface area contributed by atoms with E-state index in [-0.39, 0.29) is 30.1 Å². The van der Waals surface area contributed by atoms with Crippen molar-refractivity contribution in [3.05, 3.63) is 17.0 Å². The van der Waals surface area contributed by atoms with Crippen molar-refractivity contribution in [1.82, 2.24) is 20.5 Å². The minimum Gasteiger partial charge on any atom is -0.355 e. The molecule has 1 aliphatic rings. The predicted molar refractivity (Wildman–Crippen MR) is 88.0 cm³/mol. The van der Waals surface area contributed by atoms with Gasteiger partial charge in [-0.25, -0.2) is 0 Å². The van der Waals surface area contributed by atoms with E-state index in [1.165, 1.54) is 0 Å². The number of aromatic amines is 1. The second-order valence-electron chi connectivity index (χ2n) is 5.85. The van der Waals surface area contributed by atoms with Gasteiger partial charge in [-0.2, -0.15) is 4.98 Å². The number of nitrogens with zero attached hydrogens (tertiary/aromatic N) is 2. The molecule has 0 bridgehead atoms. The summed E-state index contributed by atoms with van der Waals surface area (Å²) in [5.41, 5.74) is 1.11. The summed E-state index contributed by atoms with van der Waals surface area (Å²) in [6.07, 6.45) is 1.15. The number of thiophene rings is 1. The molecule has 2 atom stereocenters. The van der Waals surface area contributed by atoms with E-state index in [0.29, 0.717) is 18.3 Å². The Morgan fingerprint density at radius 2 is 2.26 bits per heavy atom. The molecule has 122 valence electrons. The molecule has 2 aromatic rings. The maximum atomic E-state index is 11.9. The Kier molecular flexibility index (Phi) is 4.42. The number of hydrogen-bond acceptors (Lipinski definition) is 5. The van der Waals surface area contributed by atoms with Crippen LogP contribution in [0.4, 0.5) is 5.95 Å². The van der Waals surface area contributed by atoms with E-state index in [9.17, 15) is 9.59 Å². The van der Waals surface area contributed by atoms with Gasteiger partial charge >= 0.3 is 0 Å². The maximum absolute atomic E-state index is 11.9. The molecule has 23 heavy (non-hydrogen) atoms. The Balaban J connectivity index is 1.46. The summed E-state index contributed by atoms with van der Waals surface area (Å²) >= 11 is 1.57. The van der Waals surface area contributed by atoms with Gasteiger partial charge in [0.05, 0.1) is 4.88 Å². The first-order valence-electron chi connectivity index (χ1n) is 7.59. The smallest absolute Gasteiger partial charge is 0.249 e. The third kappa shape index (κ3) is 3.76. The van der Waals surface area contributed by atoms with Crippen molar-refractivity contribution in [3.8, 4) is 10.7 Å². The summed E-state index contributed by atoms with van der Waals surface area (Å²) in [6.45, 7) is 4.37. The molecule has 3 N–H and O–H groups in total. The first-order chi connectivity index (χ1) is 11.0. The lowest BCUT2D eigenvalue weighted by Gasteiger charge is -2.04. The lowest BCUT2D eigenvalue weighted by molar-refractivity contribution is -0.122. The van der Waals surface area contributed by atoms with Crippen molar-refractivity contribution >= 4 is 29.1 Å². The molecule has 7 nitrogen and oxygen atoms in total. The first kappa shape index (κ1) is 15.7. The van der Waals surface area contributed by atoms with Crippen LogP contribution in [0.1, 0.15) is 25.3 Å². The number of nitrogens with one attached hydrogen (secondary N) is 3. The fraction of sp³-hybridized carbons (Fsp3) is 0.467. The lowest BCUT2D eigenvalue weighted by atomic mass is 10.3. The van der Waals surface area contributed by atoms with E-state index in [4.69, 9.17) is 0 Å². The van der Waals surface area contributed by atoms with Crippen LogP contribution in [-0.2, 0) is 9.59 Å². The Bertz CT molecular complexity index is 723. The Morgan fingerprint density at radius 3 is 2.91 bits per heavy atom. The number of aryl methyl sites for hydroxylation is 1. The van der Waals surface area contributed by atoms with Crippen LogP contribution in [0.5, 0.6) is 0 Å². The zero-order chi connectivity index (χ0) is 16.4. The van der Waals surface area contributed by atoms with Crippen molar-refractivity contribution in [2.75, 3.05) is 11.9 Å². The monoisotopic (exact) mass is 333 g/mol. The molecule has 1 saturated carbocycles. The third-order valence-corrected chi connectivity index (χ3v) is 4.93. The summed E-state index contributed by atoms with van der Waals surface area (Å²) in [5, 5.41) is 14.2. The molecule has 0 aliphatic heterocycles. The Hall–Kier alpha value is -2.22. The van der Waals surface area contributed by atoms with E-state index >= 15 is 0 Å². The highest BCUT2D eigenvalue weighted by Crippen LogP contribution is 2.37. The second kappa shape index (κ2) is 6.49. The van der Waals surface area contributed by atoms with Crippen molar-refractivity contribution in [3.63, 3.8) is 0 Å². The van der Waals surface area contributed by atoms with Crippen LogP contribution in [0, 0.1) is 18.8 Å². The zero-order valence-electron chi connectivity index (χ0n) is 13.0. The number of rotatable bonds is 6. The van der Waals surface area contributed by atoms with Gasteiger partial charge in [-0.3, -0.25) is 20.0 Å². The molecule has 1 fully saturated rings. The fourth-order valence-electron chi connectivity index (χ4n) is 2.34. The number of carbonyl (C=O) groups is 2. The molecule has 2 aromatic heterocycles. The van der Waals surface area contributed by atoms with Crippen LogP contribution in [0.3, 0.4) is 0 Å². The second-order valence-corrected chi connectivity index (χ2v) is 6.77. The van der Waals surface area contributed by atoms with Gasteiger partial charge in [-0.05, 0) is 36.3 Å². The zero-order valence-corrected chi connectivity index (χ0v) is 13.9. The molecular weight excluding hydrogens is 314 g/mol. The number of carbonyl (C=O) groups excluding carboxylic acids is 2. The van der Waals surface area contributed by atoms with Crippen molar-refractivity contribution in [2.45, 2.75) is 26.7 Å². The number of hydrogen-bond donors (Lipinski definition) is 3. The lowest BCUT2D eigenvalue weighted by Crippen LogP contribution is -2.29. The van der Waals surface area contributed by atoms with Gasteiger partial charge in [0, 0.05) is 18.9 Å². The van der Waals surface area contributed by atoms with Crippen LogP contribution in [0.2, 0.25) is 0 Å². The van der Waals surface area contributed by atoms with Crippen LogP contribution >= 0.6 is 11.3 Å². The molecular formula is C15H19N5O2S. The van der Waals surface area contributed by atoms with Crippen LogP contribution in [0.15, 0.2) is 11.4 Å². The van der Waals surface area contributed by atoms with Gasteiger partial charge in [0.2, 0.25) is 17.8 Å². The molecule has 1 aliphatic carbocycles. The number of amides is 2. The van der Waals surface area contributed by atoms with E-state index in [2.05, 4.69) is 25.8 Å². The van der Waals surface area contributed by atoms with Crippen molar-refractivity contribution < 1.29 is 9.59 Å². The highest BCUT2D eigenvalue weighted by atomic mass is 32.1. The molecule has 0 spiro atoms. The summed E-state index contributed by atoms with van der Waals surface area (Å²) in [7, 11) is 0. The van der Waals surface area contributed by atoms with Crippen LogP contribution in [-0.4, -0.2) is 33.5 Å². The first-order valence-corrected chi connectivity index (χ1v) is 8.47. The van der Waals surface area contributed by atoms with Gasteiger partial charge in [0.25, 0.3) is 0 Å². The van der Waals surface area contributed by atoms with Crippen molar-refractivity contribution in [2.24, 2.45) is 11.8 Å².